The fourth-order valence-corrected chi connectivity index (χ4v) is 5.32. The van der Waals surface area contributed by atoms with Crippen LogP contribution in [0.3, 0.4) is 0 Å². The molecule has 0 unspecified atom stereocenters. The average Bonchev–Trinajstić information content (AvgIpc) is 2.99. The van der Waals surface area contributed by atoms with Gasteiger partial charge >= 0.3 is 6.03 Å². The number of amides is 2. The Morgan fingerprint density at radius 3 is 1.74 bits per heavy atom. The van der Waals surface area contributed by atoms with Crippen LogP contribution >= 0.6 is 0 Å². The average molecular weight is 262 g/mol. The van der Waals surface area contributed by atoms with Crippen molar-refractivity contribution < 1.29 is 4.79 Å². The first-order chi connectivity index (χ1) is 9.17. The van der Waals surface area contributed by atoms with Crippen LogP contribution in [0.4, 0.5) is 4.79 Å². The van der Waals surface area contributed by atoms with Gasteiger partial charge in [0.25, 0.3) is 0 Å². The molecular weight excluding hydrogens is 236 g/mol. The maximum atomic E-state index is 12.4. The van der Waals surface area contributed by atoms with Gasteiger partial charge in [0.1, 0.15) is 0 Å². The summed E-state index contributed by atoms with van der Waals surface area (Å²) >= 11 is 0. The second-order valence-electron chi connectivity index (χ2n) is 7.77. The quantitative estimate of drug-likeness (QED) is 0.787. The smallest absolute Gasteiger partial charge is 0.315 e. The van der Waals surface area contributed by atoms with Crippen LogP contribution in [0.1, 0.15) is 70.6 Å². The number of hydrogen-bond acceptors (Lipinski definition) is 1. The van der Waals surface area contributed by atoms with Gasteiger partial charge in [0.2, 0.25) is 0 Å². The molecule has 0 spiro atoms. The molecule has 0 aromatic rings. The molecule has 0 aliphatic heterocycles. The van der Waals surface area contributed by atoms with Gasteiger partial charge in [-0.25, -0.2) is 4.79 Å². The Balaban J connectivity index is 1.39. The van der Waals surface area contributed by atoms with Gasteiger partial charge in [-0.2, -0.15) is 0 Å². The summed E-state index contributed by atoms with van der Waals surface area (Å²) in [4.78, 5) is 12.4. The topological polar surface area (TPSA) is 41.1 Å². The molecule has 5 rings (SSSR count). The lowest BCUT2D eigenvalue weighted by Crippen LogP contribution is -2.59. The van der Waals surface area contributed by atoms with Crippen LogP contribution in [-0.2, 0) is 0 Å². The fraction of sp³-hybridized carbons (Fsp3) is 0.938. The first-order valence-electron chi connectivity index (χ1n) is 8.27. The van der Waals surface area contributed by atoms with Gasteiger partial charge in [0, 0.05) is 11.1 Å². The summed E-state index contributed by atoms with van der Waals surface area (Å²) in [7, 11) is 0. The molecule has 0 radical (unpaired) electrons. The molecule has 0 aromatic heterocycles. The summed E-state index contributed by atoms with van der Waals surface area (Å²) in [6, 6.07) is 0.128. The lowest BCUT2D eigenvalue weighted by Gasteiger charge is -2.47. The fourth-order valence-electron chi connectivity index (χ4n) is 5.32. The highest BCUT2D eigenvalue weighted by Crippen LogP contribution is 2.48. The van der Waals surface area contributed by atoms with Gasteiger partial charge < -0.3 is 10.6 Å². The van der Waals surface area contributed by atoms with Crippen LogP contribution in [0.2, 0.25) is 0 Å². The molecule has 3 heteroatoms. The van der Waals surface area contributed by atoms with E-state index >= 15 is 0 Å². The number of rotatable bonds is 2. The molecular formula is C16H26N2O. The van der Waals surface area contributed by atoms with Crippen molar-refractivity contribution in [2.24, 2.45) is 11.8 Å². The van der Waals surface area contributed by atoms with Crippen molar-refractivity contribution in [3.8, 4) is 0 Å². The molecule has 2 amide bonds. The number of carbonyl (C=O) groups excluding carboxylic acids is 1. The molecule has 5 aliphatic carbocycles. The second kappa shape index (κ2) is 4.13. The molecule has 2 N–H and O–H groups in total. The van der Waals surface area contributed by atoms with Gasteiger partial charge in [0.05, 0.1) is 0 Å². The van der Waals surface area contributed by atoms with Crippen molar-refractivity contribution in [3.63, 3.8) is 0 Å². The van der Waals surface area contributed by atoms with Crippen molar-refractivity contribution in [1.82, 2.24) is 10.6 Å². The van der Waals surface area contributed by atoms with Gasteiger partial charge in [-0.15, -0.1) is 0 Å². The number of fused-ring (bicyclic) bond motifs is 5. The molecule has 4 bridgehead atoms. The van der Waals surface area contributed by atoms with E-state index in [0.717, 1.165) is 11.8 Å². The van der Waals surface area contributed by atoms with Gasteiger partial charge in [-0.1, -0.05) is 0 Å². The Morgan fingerprint density at radius 2 is 1.21 bits per heavy atom. The number of hydrogen-bond donors (Lipinski definition) is 2. The minimum absolute atomic E-state index is 0.128. The van der Waals surface area contributed by atoms with Gasteiger partial charge in [-0.05, 0) is 82.5 Å². The van der Waals surface area contributed by atoms with E-state index in [1.165, 1.54) is 70.6 Å². The van der Waals surface area contributed by atoms with Crippen molar-refractivity contribution in [1.29, 1.82) is 0 Å². The maximum absolute atomic E-state index is 12.4. The molecule has 3 nitrogen and oxygen atoms in total. The van der Waals surface area contributed by atoms with E-state index in [4.69, 9.17) is 0 Å². The summed E-state index contributed by atoms with van der Waals surface area (Å²) in [5, 5.41) is 6.73. The molecule has 5 saturated carbocycles. The summed E-state index contributed by atoms with van der Waals surface area (Å²) in [6.07, 6.45) is 13.9. The van der Waals surface area contributed by atoms with Crippen molar-refractivity contribution in [2.75, 3.05) is 0 Å². The van der Waals surface area contributed by atoms with E-state index in [1.807, 2.05) is 0 Å². The summed E-state index contributed by atoms with van der Waals surface area (Å²) in [6.45, 7) is 0. The molecule has 5 aliphatic rings. The normalized spacial score (nSPS) is 47.4. The van der Waals surface area contributed by atoms with Crippen LogP contribution in [0.5, 0.6) is 0 Å². The first-order valence-corrected chi connectivity index (χ1v) is 8.27. The Hall–Kier alpha value is -0.730. The zero-order valence-electron chi connectivity index (χ0n) is 11.8. The van der Waals surface area contributed by atoms with Crippen LogP contribution in [-0.4, -0.2) is 17.1 Å². The third kappa shape index (κ3) is 2.05. The number of urea groups is 1. The first kappa shape index (κ1) is 12.0. The zero-order chi connectivity index (χ0) is 12.9. The van der Waals surface area contributed by atoms with E-state index in [2.05, 4.69) is 10.6 Å². The van der Waals surface area contributed by atoms with Crippen molar-refractivity contribution in [3.05, 3.63) is 0 Å². The van der Waals surface area contributed by atoms with E-state index in [1.54, 1.807) is 0 Å². The molecule has 0 saturated heterocycles. The Bertz CT molecular complexity index is 362. The third-order valence-corrected chi connectivity index (χ3v) is 6.59. The lowest BCUT2D eigenvalue weighted by molar-refractivity contribution is 0.109. The summed E-state index contributed by atoms with van der Waals surface area (Å²) < 4.78 is 0. The van der Waals surface area contributed by atoms with Crippen LogP contribution < -0.4 is 10.6 Å². The summed E-state index contributed by atoms with van der Waals surface area (Å²) in [5.41, 5.74) is 0.309. The van der Waals surface area contributed by atoms with E-state index in [9.17, 15) is 4.79 Å². The molecule has 0 atom stereocenters. The highest BCUT2D eigenvalue weighted by atomic mass is 16.2. The monoisotopic (exact) mass is 262 g/mol. The van der Waals surface area contributed by atoms with Crippen LogP contribution in [0.15, 0.2) is 0 Å². The van der Waals surface area contributed by atoms with Crippen molar-refractivity contribution >= 4 is 6.03 Å². The highest BCUT2D eigenvalue weighted by molar-refractivity contribution is 5.76. The predicted molar refractivity (Wildman–Crippen MR) is 74.9 cm³/mol. The molecule has 19 heavy (non-hydrogen) atoms. The minimum Gasteiger partial charge on any atom is -0.333 e. The Kier molecular flexibility index (Phi) is 2.62. The van der Waals surface area contributed by atoms with Gasteiger partial charge in [-0.3, -0.25) is 0 Å². The number of carbonyl (C=O) groups is 1. The van der Waals surface area contributed by atoms with E-state index in [-0.39, 0.29) is 17.1 Å². The molecule has 0 aromatic carbocycles. The largest absolute Gasteiger partial charge is 0.333 e. The van der Waals surface area contributed by atoms with Crippen LogP contribution in [0, 0.1) is 11.8 Å². The second-order valence-corrected chi connectivity index (χ2v) is 7.77. The zero-order valence-corrected chi connectivity index (χ0v) is 11.8. The Labute approximate surface area is 115 Å². The van der Waals surface area contributed by atoms with Gasteiger partial charge in [0.15, 0.2) is 0 Å². The molecule has 106 valence electrons. The molecule has 5 fully saturated rings. The third-order valence-electron chi connectivity index (χ3n) is 6.59. The van der Waals surface area contributed by atoms with E-state index < -0.39 is 0 Å². The number of nitrogens with one attached hydrogen (secondary N) is 2. The SMILES string of the molecule is O=C(NC12CCC(CC1)CC2)NC12CCC(CC1)C2. The summed E-state index contributed by atoms with van der Waals surface area (Å²) in [5.74, 6) is 1.85. The highest BCUT2D eigenvalue weighted by Gasteiger charge is 2.47. The molecule has 0 heterocycles. The maximum Gasteiger partial charge on any atom is 0.315 e. The Morgan fingerprint density at radius 1 is 0.737 bits per heavy atom. The standard InChI is InChI=1S/C16H26N2O/c19-14(18-16-9-4-13(11-16)5-10-16)17-15-6-1-12(2-7-15)3-8-15/h12-13H,1-11H2,(H2,17,18,19). The van der Waals surface area contributed by atoms with Crippen LogP contribution in [0.25, 0.3) is 0 Å². The minimum atomic E-state index is 0.128. The van der Waals surface area contributed by atoms with E-state index in [0.29, 0.717) is 0 Å². The predicted octanol–water partition coefficient (Wildman–Crippen LogP) is 3.34. The van der Waals surface area contributed by atoms with Crippen molar-refractivity contribution in [2.45, 2.75) is 81.7 Å². The lowest BCUT2D eigenvalue weighted by atomic mass is 9.66.